The molecule has 0 amide bonds. The molecule has 0 spiro atoms. The standard InChI is InChI=1S/C13H19N3O6/c17-7-8-10(18)11(19)12(22-8)16-2-1-9(14-13(16)20)15-3-5-21-6-4-15/h1-2,8,10-12,17-19H,3-7H2/t8-,10-,11-,12-/m0/s1. The Bertz CT molecular complexity index is 573. The van der Waals surface area contributed by atoms with E-state index >= 15 is 0 Å². The number of ether oxygens (including phenoxy) is 2. The zero-order valence-electron chi connectivity index (χ0n) is 11.9. The molecule has 3 heterocycles. The lowest BCUT2D eigenvalue weighted by Crippen LogP contribution is -2.40. The first kappa shape index (κ1) is 15.4. The summed E-state index contributed by atoms with van der Waals surface area (Å²) in [5, 5.41) is 28.8. The lowest BCUT2D eigenvalue weighted by atomic mass is 10.1. The van der Waals surface area contributed by atoms with Crippen LogP contribution in [0.25, 0.3) is 0 Å². The molecule has 1 aromatic rings. The van der Waals surface area contributed by atoms with Crippen LogP contribution in [-0.2, 0) is 9.47 Å². The highest BCUT2D eigenvalue weighted by Gasteiger charge is 2.43. The van der Waals surface area contributed by atoms with Crippen LogP contribution in [0.15, 0.2) is 17.1 Å². The smallest absolute Gasteiger partial charge is 0.351 e. The Morgan fingerprint density at radius 1 is 1.27 bits per heavy atom. The van der Waals surface area contributed by atoms with Crippen LogP contribution in [0.4, 0.5) is 5.82 Å². The molecule has 1 aromatic heterocycles. The average molecular weight is 313 g/mol. The number of hydrogen-bond donors (Lipinski definition) is 3. The summed E-state index contributed by atoms with van der Waals surface area (Å²) in [6.45, 7) is 2.04. The number of nitrogens with zero attached hydrogens (tertiary/aromatic N) is 3. The number of aliphatic hydroxyl groups is 3. The van der Waals surface area contributed by atoms with Gasteiger partial charge in [0.2, 0.25) is 0 Å². The summed E-state index contributed by atoms with van der Waals surface area (Å²) < 4.78 is 11.7. The highest BCUT2D eigenvalue weighted by atomic mass is 16.6. The van der Waals surface area contributed by atoms with Crippen LogP contribution in [0, 0.1) is 0 Å². The number of aliphatic hydroxyl groups excluding tert-OH is 3. The van der Waals surface area contributed by atoms with E-state index in [1.807, 2.05) is 4.90 Å². The molecular formula is C13H19N3O6. The second-order valence-corrected chi connectivity index (χ2v) is 5.30. The second-order valence-electron chi connectivity index (χ2n) is 5.30. The van der Waals surface area contributed by atoms with Gasteiger partial charge in [-0.1, -0.05) is 0 Å². The minimum absolute atomic E-state index is 0.442. The Morgan fingerprint density at radius 3 is 2.59 bits per heavy atom. The van der Waals surface area contributed by atoms with Crippen molar-refractivity contribution in [2.45, 2.75) is 24.5 Å². The van der Waals surface area contributed by atoms with E-state index in [0.717, 1.165) is 4.57 Å². The van der Waals surface area contributed by atoms with Crippen molar-refractivity contribution in [3.05, 3.63) is 22.7 Å². The van der Waals surface area contributed by atoms with Gasteiger partial charge in [-0.25, -0.2) is 4.79 Å². The summed E-state index contributed by atoms with van der Waals surface area (Å²) in [5.74, 6) is 0.538. The Labute approximate surface area is 126 Å². The quantitative estimate of drug-likeness (QED) is 0.570. The van der Waals surface area contributed by atoms with Crippen molar-refractivity contribution in [2.24, 2.45) is 0 Å². The van der Waals surface area contributed by atoms with Gasteiger partial charge in [0.15, 0.2) is 6.23 Å². The minimum atomic E-state index is -1.30. The Hall–Kier alpha value is -1.52. The van der Waals surface area contributed by atoms with Crippen LogP contribution in [0.1, 0.15) is 6.23 Å². The van der Waals surface area contributed by atoms with Crippen LogP contribution in [-0.4, -0.2) is 76.1 Å². The van der Waals surface area contributed by atoms with Crippen LogP contribution >= 0.6 is 0 Å². The van der Waals surface area contributed by atoms with Crippen molar-refractivity contribution in [3.8, 4) is 0 Å². The maximum atomic E-state index is 12.2. The van der Waals surface area contributed by atoms with Gasteiger partial charge >= 0.3 is 5.69 Å². The van der Waals surface area contributed by atoms with Gasteiger partial charge in [0.05, 0.1) is 19.8 Å². The Balaban J connectivity index is 1.82. The molecule has 22 heavy (non-hydrogen) atoms. The van der Waals surface area contributed by atoms with Gasteiger partial charge in [-0.3, -0.25) is 4.57 Å². The molecule has 4 atom stereocenters. The largest absolute Gasteiger partial charge is 0.394 e. The van der Waals surface area contributed by atoms with E-state index in [9.17, 15) is 15.0 Å². The molecule has 122 valence electrons. The molecular weight excluding hydrogens is 294 g/mol. The van der Waals surface area contributed by atoms with Gasteiger partial charge in [-0.05, 0) is 6.07 Å². The molecule has 9 heteroatoms. The normalized spacial score (nSPS) is 32.4. The lowest BCUT2D eigenvalue weighted by Gasteiger charge is -2.28. The van der Waals surface area contributed by atoms with Crippen LogP contribution in [0.3, 0.4) is 0 Å². The molecule has 2 fully saturated rings. The molecule has 0 saturated carbocycles. The van der Waals surface area contributed by atoms with Crippen molar-refractivity contribution in [1.82, 2.24) is 9.55 Å². The molecule has 0 bridgehead atoms. The van der Waals surface area contributed by atoms with Crippen molar-refractivity contribution in [2.75, 3.05) is 37.8 Å². The van der Waals surface area contributed by atoms with Crippen molar-refractivity contribution < 1.29 is 24.8 Å². The van der Waals surface area contributed by atoms with Gasteiger partial charge in [0.1, 0.15) is 24.1 Å². The molecule has 0 aromatic carbocycles. The average Bonchev–Trinajstić information content (AvgIpc) is 2.83. The lowest BCUT2D eigenvalue weighted by molar-refractivity contribution is -0.0549. The zero-order valence-corrected chi connectivity index (χ0v) is 11.9. The van der Waals surface area contributed by atoms with Crippen LogP contribution < -0.4 is 10.6 Å². The summed E-state index contributed by atoms with van der Waals surface area (Å²) in [7, 11) is 0. The predicted octanol–water partition coefficient (Wildman–Crippen LogP) is -2.31. The van der Waals surface area contributed by atoms with Gasteiger partial charge in [-0.15, -0.1) is 0 Å². The molecule has 0 unspecified atom stereocenters. The van der Waals surface area contributed by atoms with E-state index in [2.05, 4.69) is 4.98 Å². The van der Waals surface area contributed by atoms with Crippen molar-refractivity contribution in [3.63, 3.8) is 0 Å². The topological polar surface area (TPSA) is 117 Å². The molecule has 9 nitrogen and oxygen atoms in total. The highest BCUT2D eigenvalue weighted by molar-refractivity contribution is 5.36. The maximum absolute atomic E-state index is 12.2. The molecule has 2 aliphatic heterocycles. The molecule has 3 N–H and O–H groups in total. The fourth-order valence-corrected chi connectivity index (χ4v) is 2.68. The fourth-order valence-electron chi connectivity index (χ4n) is 2.68. The predicted molar refractivity (Wildman–Crippen MR) is 74.5 cm³/mol. The zero-order chi connectivity index (χ0) is 15.7. The third-order valence-corrected chi connectivity index (χ3v) is 3.94. The summed E-state index contributed by atoms with van der Waals surface area (Å²) >= 11 is 0. The van der Waals surface area contributed by atoms with Crippen LogP contribution in [0.2, 0.25) is 0 Å². The SMILES string of the molecule is O=c1nc(N2CCOCC2)ccn1[C@H]1O[C@@H](CO)[C@H](O)[C@@H]1O. The van der Waals surface area contributed by atoms with Crippen LogP contribution in [0.5, 0.6) is 0 Å². The summed E-state index contributed by atoms with van der Waals surface area (Å²) in [4.78, 5) is 18.1. The molecule has 2 saturated heterocycles. The first-order chi connectivity index (χ1) is 10.6. The van der Waals surface area contributed by atoms with E-state index in [1.165, 1.54) is 6.20 Å². The monoisotopic (exact) mass is 313 g/mol. The third-order valence-electron chi connectivity index (χ3n) is 3.94. The summed E-state index contributed by atoms with van der Waals surface area (Å²) in [6.07, 6.45) is -3.07. The van der Waals surface area contributed by atoms with Crippen molar-refractivity contribution in [1.29, 1.82) is 0 Å². The van der Waals surface area contributed by atoms with E-state index in [0.29, 0.717) is 32.1 Å². The molecule has 0 radical (unpaired) electrons. The molecule has 3 rings (SSSR count). The van der Waals surface area contributed by atoms with E-state index < -0.39 is 36.8 Å². The number of anilines is 1. The van der Waals surface area contributed by atoms with Gasteiger partial charge < -0.3 is 29.7 Å². The third kappa shape index (κ3) is 2.73. The number of morpholine rings is 1. The number of hydrogen-bond acceptors (Lipinski definition) is 8. The Morgan fingerprint density at radius 2 is 2.00 bits per heavy atom. The van der Waals surface area contributed by atoms with Gasteiger partial charge in [-0.2, -0.15) is 4.98 Å². The van der Waals surface area contributed by atoms with Gasteiger partial charge in [0.25, 0.3) is 0 Å². The second kappa shape index (κ2) is 6.31. The number of aromatic nitrogens is 2. The minimum Gasteiger partial charge on any atom is -0.394 e. The highest BCUT2D eigenvalue weighted by Crippen LogP contribution is 2.28. The fraction of sp³-hybridized carbons (Fsp3) is 0.692. The van der Waals surface area contributed by atoms with E-state index in [1.54, 1.807) is 6.07 Å². The van der Waals surface area contributed by atoms with E-state index in [4.69, 9.17) is 14.6 Å². The number of rotatable bonds is 3. The van der Waals surface area contributed by atoms with E-state index in [-0.39, 0.29) is 0 Å². The maximum Gasteiger partial charge on any atom is 0.351 e. The molecule has 0 aliphatic carbocycles. The first-order valence-corrected chi connectivity index (χ1v) is 7.16. The first-order valence-electron chi connectivity index (χ1n) is 7.16. The Kier molecular flexibility index (Phi) is 4.41. The van der Waals surface area contributed by atoms with Crippen molar-refractivity contribution >= 4 is 5.82 Å². The summed E-state index contributed by atoms with van der Waals surface area (Å²) in [5.41, 5.74) is -0.584. The molecule has 2 aliphatic rings. The van der Waals surface area contributed by atoms with Gasteiger partial charge in [0, 0.05) is 19.3 Å². The summed E-state index contributed by atoms with van der Waals surface area (Å²) in [6, 6.07) is 1.65.